The van der Waals surface area contributed by atoms with Crippen LogP contribution in [0.25, 0.3) is 0 Å². The molecule has 1 aliphatic rings. The Morgan fingerprint density at radius 2 is 1.24 bits per heavy atom. The van der Waals surface area contributed by atoms with Crippen LogP contribution in [-0.4, -0.2) is 6.04 Å². The van der Waals surface area contributed by atoms with Gasteiger partial charge in [0.05, 0.1) is 6.19 Å². The molecule has 1 fully saturated rings. The molecular weight excluding hydrogens is 293 g/mol. The van der Waals surface area contributed by atoms with E-state index in [0.29, 0.717) is 6.04 Å². The number of nitrogens with one attached hydrogen (secondary N) is 1. The fourth-order valence-electron chi connectivity index (χ4n) is 3.06. The third-order valence-electron chi connectivity index (χ3n) is 4.21. The van der Waals surface area contributed by atoms with Crippen molar-refractivity contribution in [2.45, 2.75) is 38.1 Å². The molecule has 0 aromatic heterocycles. The molecule has 3 rings (SSSR count). The second kappa shape index (κ2) is 6.87. The topological polar surface area (TPSA) is 12.0 Å². The van der Waals surface area contributed by atoms with Crippen molar-refractivity contribution in [2.24, 2.45) is 0 Å². The lowest BCUT2D eigenvalue weighted by Gasteiger charge is -2.32. The van der Waals surface area contributed by atoms with Gasteiger partial charge in [0.25, 0.3) is 0 Å². The van der Waals surface area contributed by atoms with Gasteiger partial charge in [0.2, 0.25) is 0 Å². The van der Waals surface area contributed by atoms with E-state index in [-0.39, 0.29) is 0 Å². The van der Waals surface area contributed by atoms with E-state index in [0.717, 1.165) is 0 Å². The molecule has 1 nitrogen and oxygen atoms in total. The van der Waals surface area contributed by atoms with E-state index in [1.54, 1.807) is 0 Å². The second-order valence-corrected chi connectivity index (χ2v) is 9.90. The molecule has 0 radical (unpaired) electrons. The van der Waals surface area contributed by atoms with Crippen molar-refractivity contribution in [3.05, 3.63) is 60.7 Å². The summed E-state index contributed by atoms with van der Waals surface area (Å²) in [6.45, 7) is 0. The lowest BCUT2D eigenvalue weighted by Crippen LogP contribution is -2.36. The predicted molar refractivity (Wildman–Crippen MR) is 96.4 cm³/mol. The van der Waals surface area contributed by atoms with Crippen molar-refractivity contribution in [2.75, 3.05) is 0 Å². The average Bonchev–Trinajstić information content (AvgIpc) is 2.57. The Hall–Kier alpha value is -0.950. The Morgan fingerprint density at radius 3 is 1.71 bits per heavy atom. The quantitative estimate of drug-likeness (QED) is 0.857. The molecule has 0 heterocycles. The first-order valence-corrected chi connectivity index (χ1v) is 10.6. The predicted octanol–water partition coefficient (Wildman–Crippen LogP) is 3.95. The zero-order valence-corrected chi connectivity index (χ0v) is 14.0. The molecule has 1 aliphatic carbocycles. The summed E-state index contributed by atoms with van der Waals surface area (Å²) in [4.78, 5) is 0. The van der Waals surface area contributed by atoms with Crippen LogP contribution in [-0.2, 0) is 11.8 Å². The van der Waals surface area contributed by atoms with E-state index < -0.39 is 6.19 Å². The average molecular weight is 315 g/mol. The third-order valence-corrected chi connectivity index (χ3v) is 8.57. The summed E-state index contributed by atoms with van der Waals surface area (Å²) in [5, 5.41) is 6.44. The molecule has 0 amide bonds. The maximum Gasteiger partial charge on any atom is 0.0686 e. The Labute approximate surface area is 132 Å². The summed E-state index contributed by atoms with van der Waals surface area (Å²) >= 11 is 6.22. The van der Waals surface area contributed by atoms with E-state index in [1.165, 1.54) is 42.7 Å². The van der Waals surface area contributed by atoms with Crippen molar-refractivity contribution < 1.29 is 0 Å². The first-order chi connectivity index (χ1) is 10.3. The Balaban J connectivity index is 1.96. The molecule has 0 unspecified atom stereocenters. The molecule has 0 atom stereocenters. The summed E-state index contributed by atoms with van der Waals surface area (Å²) in [5.41, 5.74) is 0. The third kappa shape index (κ3) is 3.45. The van der Waals surface area contributed by atoms with Crippen LogP contribution in [0.5, 0.6) is 0 Å². The smallest absolute Gasteiger partial charge is 0.0686 e. The number of benzene rings is 2. The van der Waals surface area contributed by atoms with Crippen molar-refractivity contribution in [1.29, 1.82) is 0 Å². The van der Waals surface area contributed by atoms with Gasteiger partial charge in [-0.15, -0.1) is 0 Å². The minimum absolute atomic E-state index is 0.574. The first-order valence-electron chi connectivity index (χ1n) is 7.78. The summed E-state index contributed by atoms with van der Waals surface area (Å²) in [6.07, 6.45) is 4.65. The largest absolute Gasteiger partial charge is 0.279 e. The van der Waals surface area contributed by atoms with Gasteiger partial charge in [-0.2, -0.15) is 0 Å². The highest BCUT2D eigenvalue weighted by atomic mass is 32.4. The van der Waals surface area contributed by atoms with Crippen molar-refractivity contribution in [1.82, 2.24) is 5.09 Å². The highest BCUT2D eigenvalue weighted by Crippen LogP contribution is 2.41. The molecule has 0 aliphatic heterocycles. The molecule has 0 bridgehead atoms. The van der Waals surface area contributed by atoms with Crippen LogP contribution in [0, 0.1) is 0 Å². The molecular formula is C18H22NPS. The monoisotopic (exact) mass is 315 g/mol. The van der Waals surface area contributed by atoms with Gasteiger partial charge in [-0.25, -0.2) is 0 Å². The van der Waals surface area contributed by atoms with Crippen LogP contribution >= 0.6 is 6.19 Å². The van der Waals surface area contributed by atoms with Crippen LogP contribution in [0.4, 0.5) is 0 Å². The molecule has 1 N–H and O–H groups in total. The van der Waals surface area contributed by atoms with Gasteiger partial charge in [0.1, 0.15) is 0 Å². The summed E-state index contributed by atoms with van der Waals surface area (Å²) in [7, 11) is 0. The van der Waals surface area contributed by atoms with Gasteiger partial charge < -0.3 is 0 Å². The highest BCUT2D eigenvalue weighted by molar-refractivity contribution is 8.20. The van der Waals surface area contributed by atoms with E-state index in [4.69, 9.17) is 11.8 Å². The van der Waals surface area contributed by atoms with Gasteiger partial charge in [-0.3, -0.25) is 5.09 Å². The van der Waals surface area contributed by atoms with Crippen molar-refractivity contribution >= 4 is 28.6 Å². The van der Waals surface area contributed by atoms with Crippen molar-refractivity contribution in [3.63, 3.8) is 0 Å². The standard InChI is InChI=1S/C18H22NPS/c21-20(17-12-6-2-7-13-17,18-14-8-3-9-15-18)19-16-10-4-1-5-11-16/h2-3,6-9,12-16H,1,4-5,10-11H2,(H,19,21). The zero-order chi connectivity index (χ0) is 14.5. The summed E-state index contributed by atoms with van der Waals surface area (Å²) in [6, 6.07) is 21.8. The molecule has 3 heteroatoms. The normalized spacial score (nSPS) is 16.8. The molecule has 110 valence electrons. The Bertz CT molecular complexity index is 562. The Kier molecular flexibility index (Phi) is 4.90. The Morgan fingerprint density at radius 1 is 0.762 bits per heavy atom. The maximum absolute atomic E-state index is 6.22. The number of rotatable bonds is 4. The summed E-state index contributed by atoms with van der Waals surface area (Å²) < 4.78 is 0. The fraction of sp³-hybridized carbons (Fsp3) is 0.333. The molecule has 0 spiro atoms. The van der Waals surface area contributed by atoms with E-state index >= 15 is 0 Å². The lowest BCUT2D eigenvalue weighted by molar-refractivity contribution is 0.421. The fourth-order valence-corrected chi connectivity index (χ4v) is 6.79. The maximum atomic E-state index is 6.22. The van der Waals surface area contributed by atoms with Crippen LogP contribution in [0.1, 0.15) is 32.1 Å². The SMILES string of the molecule is S=P(NC1CCCCC1)(c1ccccc1)c1ccccc1. The lowest BCUT2D eigenvalue weighted by atomic mass is 9.96. The minimum Gasteiger partial charge on any atom is -0.279 e. The van der Waals surface area contributed by atoms with Crippen LogP contribution in [0.2, 0.25) is 0 Å². The zero-order valence-electron chi connectivity index (χ0n) is 12.2. The van der Waals surface area contributed by atoms with Gasteiger partial charge in [-0.05, 0) is 12.8 Å². The summed E-state index contributed by atoms with van der Waals surface area (Å²) in [5.74, 6) is 0. The molecule has 21 heavy (non-hydrogen) atoms. The second-order valence-electron chi connectivity index (χ2n) is 5.74. The molecule has 2 aromatic rings. The van der Waals surface area contributed by atoms with Gasteiger partial charge in [0, 0.05) is 16.7 Å². The van der Waals surface area contributed by atoms with Crippen LogP contribution < -0.4 is 15.7 Å². The van der Waals surface area contributed by atoms with E-state index in [1.807, 2.05) is 0 Å². The molecule has 0 saturated heterocycles. The number of hydrogen-bond donors (Lipinski definition) is 1. The van der Waals surface area contributed by atoms with Crippen molar-refractivity contribution in [3.8, 4) is 0 Å². The van der Waals surface area contributed by atoms with Gasteiger partial charge in [-0.1, -0.05) is 91.7 Å². The van der Waals surface area contributed by atoms with E-state index in [2.05, 4.69) is 65.8 Å². The number of hydrogen-bond acceptors (Lipinski definition) is 1. The van der Waals surface area contributed by atoms with E-state index in [9.17, 15) is 0 Å². The van der Waals surface area contributed by atoms with Crippen LogP contribution in [0.15, 0.2) is 60.7 Å². The van der Waals surface area contributed by atoms with Gasteiger partial charge in [0.15, 0.2) is 0 Å². The van der Waals surface area contributed by atoms with Crippen LogP contribution in [0.3, 0.4) is 0 Å². The van der Waals surface area contributed by atoms with Gasteiger partial charge >= 0.3 is 0 Å². The minimum atomic E-state index is -1.91. The first kappa shape index (κ1) is 15.0. The molecule has 1 saturated carbocycles. The molecule has 2 aromatic carbocycles. The highest BCUT2D eigenvalue weighted by Gasteiger charge is 2.26.